The Morgan fingerprint density at radius 1 is 1.19 bits per heavy atom. The van der Waals surface area contributed by atoms with E-state index in [1.165, 1.54) is 6.42 Å². The monoisotopic (exact) mass is 480 g/mol. The minimum Gasteiger partial charge on any atom is -0.444 e. The first-order chi connectivity index (χ1) is 11.6. The summed E-state index contributed by atoms with van der Waals surface area (Å²) in [6.45, 7) is 15.0. The number of carbonyl (C=O) groups is 1. The molecule has 0 aliphatic carbocycles. The Hall–Kier alpha value is -0.730. The molecule has 2 rings (SSSR count). The van der Waals surface area contributed by atoms with Gasteiger partial charge in [-0.1, -0.05) is 13.8 Å². The lowest BCUT2D eigenvalue weighted by Gasteiger charge is -2.34. The van der Waals surface area contributed by atoms with Crippen LogP contribution in [0.3, 0.4) is 0 Å². The highest BCUT2D eigenvalue weighted by Crippen LogP contribution is 2.28. The largest absolute Gasteiger partial charge is 0.444 e. The van der Waals surface area contributed by atoms with E-state index in [9.17, 15) is 4.79 Å². The van der Waals surface area contributed by atoms with Gasteiger partial charge in [0.05, 0.1) is 0 Å². The molecular weight excluding hydrogens is 443 g/mol. The first-order valence-corrected chi connectivity index (χ1v) is 9.53. The summed E-state index contributed by atoms with van der Waals surface area (Å²) in [5.41, 5.74) is -0.0537. The lowest BCUT2D eigenvalue weighted by atomic mass is 9.93. The number of hydrogen-bond donors (Lipinski definition) is 1. The number of carbonyl (C=O) groups excluding carboxylic acids is 1. The van der Waals surface area contributed by atoms with Crippen LogP contribution in [0.4, 0.5) is 4.79 Å². The number of hydrogen-bond acceptors (Lipinski definition) is 3. The molecule has 2 aliphatic heterocycles. The summed E-state index contributed by atoms with van der Waals surface area (Å²) in [5, 5.41) is 3.54. The second-order valence-corrected chi connectivity index (χ2v) is 9.17. The van der Waals surface area contributed by atoms with Gasteiger partial charge in [-0.05, 0) is 51.4 Å². The summed E-state index contributed by atoms with van der Waals surface area (Å²) in [5.74, 6) is 1.59. The van der Waals surface area contributed by atoms with Gasteiger partial charge in [0.1, 0.15) is 5.60 Å². The molecule has 0 atom stereocenters. The average molecular weight is 480 g/mol. The molecular formula is C19H37IN4O2. The van der Waals surface area contributed by atoms with Crippen LogP contribution in [0.25, 0.3) is 0 Å². The normalized spacial score (nSPS) is 21.4. The summed E-state index contributed by atoms with van der Waals surface area (Å²) in [6, 6.07) is 0. The maximum Gasteiger partial charge on any atom is 0.410 e. The van der Waals surface area contributed by atoms with Crippen LogP contribution >= 0.6 is 24.0 Å². The molecule has 0 spiro atoms. The molecule has 1 N–H and O–H groups in total. The Bertz CT molecular complexity index is 494. The van der Waals surface area contributed by atoms with E-state index in [4.69, 9.17) is 4.74 Å². The third kappa shape index (κ3) is 7.12. The van der Waals surface area contributed by atoms with Crippen molar-refractivity contribution in [1.29, 1.82) is 0 Å². The molecule has 2 aliphatic rings. The Kier molecular flexibility index (Phi) is 8.48. The maximum absolute atomic E-state index is 12.1. The quantitative estimate of drug-likeness (QED) is 0.373. The SMILES string of the molecule is CN=C(NCC1CCN(C(=O)OC(C)(C)C)CC1)N1CCC(C)(C)C1.I. The van der Waals surface area contributed by atoms with E-state index in [1.807, 2.05) is 32.7 Å². The maximum atomic E-state index is 12.1. The van der Waals surface area contributed by atoms with Gasteiger partial charge < -0.3 is 19.9 Å². The second kappa shape index (κ2) is 9.46. The van der Waals surface area contributed by atoms with Gasteiger partial charge in [0, 0.05) is 39.8 Å². The van der Waals surface area contributed by atoms with Crippen LogP contribution in [-0.4, -0.2) is 67.2 Å². The number of likely N-dealkylation sites (tertiary alicyclic amines) is 2. The van der Waals surface area contributed by atoms with Crippen molar-refractivity contribution in [1.82, 2.24) is 15.1 Å². The Morgan fingerprint density at radius 3 is 2.27 bits per heavy atom. The summed E-state index contributed by atoms with van der Waals surface area (Å²) in [7, 11) is 1.86. The number of piperidine rings is 1. The highest BCUT2D eigenvalue weighted by Gasteiger charge is 2.31. The van der Waals surface area contributed by atoms with Gasteiger partial charge in [-0.2, -0.15) is 0 Å². The van der Waals surface area contributed by atoms with Gasteiger partial charge in [0.25, 0.3) is 0 Å². The molecule has 7 heteroatoms. The van der Waals surface area contributed by atoms with Gasteiger partial charge in [-0.3, -0.25) is 4.99 Å². The molecule has 0 aromatic rings. The lowest BCUT2D eigenvalue weighted by Crippen LogP contribution is -2.46. The molecule has 0 bridgehead atoms. The van der Waals surface area contributed by atoms with Gasteiger partial charge in [-0.15, -0.1) is 24.0 Å². The topological polar surface area (TPSA) is 57.2 Å². The Morgan fingerprint density at radius 2 is 1.81 bits per heavy atom. The summed E-state index contributed by atoms with van der Waals surface area (Å²) in [4.78, 5) is 20.8. The summed E-state index contributed by atoms with van der Waals surface area (Å²) >= 11 is 0. The van der Waals surface area contributed by atoms with E-state index in [2.05, 4.69) is 29.1 Å². The van der Waals surface area contributed by atoms with E-state index < -0.39 is 5.60 Å². The average Bonchev–Trinajstić information content (AvgIpc) is 2.87. The number of amides is 1. The number of aliphatic imine (C=N–C) groups is 1. The molecule has 0 saturated carbocycles. The predicted molar refractivity (Wildman–Crippen MR) is 117 cm³/mol. The smallest absolute Gasteiger partial charge is 0.410 e. The molecule has 0 radical (unpaired) electrons. The van der Waals surface area contributed by atoms with Crippen molar-refractivity contribution in [3.8, 4) is 0 Å². The van der Waals surface area contributed by atoms with Crippen LogP contribution in [0.5, 0.6) is 0 Å². The Labute approximate surface area is 176 Å². The zero-order valence-corrected chi connectivity index (χ0v) is 19.6. The second-order valence-electron chi connectivity index (χ2n) is 9.17. The van der Waals surface area contributed by atoms with E-state index >= 15 is 0 Å². The van der Waals surface area contributed by atoms with E-state index in [0.717, 1.165) is 51.5 Å². The highest BCUT2D eigenvalue weighted by atomic mass is 127. The van der Waals surface area contributed by atoms with Gasteiger partial charge in [0.15, 0.2) is 5.96 Å². The van der Waals surface area contributed by atoms with Crippen LogP contribution in [0.1, 0.15) is 53.9 Å². The van der Waals surface area contributed by atoms with Gasteiger partial charge >= 0.3 is 6.09 Å². The van der Waals surface area contributed by atoms with Crippen molar-refractivity contribution in [3.63, 3.8) is 0 Å². The molecule has 6 nitrogen and oxygen atoms in total. The molecule has 26 heavy (non-hydrogen) atoms. The minimum atomic E-state index is -0.425. The molecule has 0 aromatic carbocycles. The molecule has 0 aromatic heterocycles. The van der Waals surface area contributed by atoms with Gasteiger partial charge in [-0.25, -0.2) is 4.79 Å². The number of guanidine groups is 1. The first-order valence-electron chi connectivity index (χ1n) is 9.53. The van der Waals surface area contributed by atoms with E-state index in [1.54, 1.807) is 0 Å². The zero-order chi connectivity index (χ0) is 18.7. The number of nitrogens with one attached hydrogen (secondary N) is 1. The third-order valence-electron chi connectivity index (χ3n) is 5.00. The molecule has 1 amide bonds. The lowest BCUT2D eigenvalue weighted by molar-refractivity contribution is 0.0185. The fourth-order valence-corrected chi connectivity index (χ4v) is 3.51. The number of ether oxygens (including phenoxy) is 1. The van der Waals surface area contributed by atoms with Crippen LogP contribution in [-0.2, 0) is 4.74 Å². The number of halogens is 1. The third-order valence-corrected chi connectivity index (χ3v) is 5.00. The molecule has 2 fully saturated rings. The fraction of sp³-hybridized carbons (Fsp3) is 0.895. The van der Waals surface area contributed by atoms with Crippen LogP contribution in [0.15, 0.2) is 4.99 Å². The van der Waals surface area contributed by atoms with Crippen LogP contribution in [0, 0.1) is 11.3 Å². The number of nitrogens with zero attached hydrogens (tertiary/aromatic N) is 3. The van der Waals surface area contributed by atoms with Crippen molar-refractivity contribution in [2.45, 2.75) is 59.5 Å². The van der Waals surface area contributed by atoms with Crippen molar-refractivity contribution < 1.29 is 9.53 Å². The highest BCUT2D eigenvalue weighted by molar-refractivity contribution is 14.0. The predicted octanol–water partition coefficient (Wildman–Crippen LogP) is 3.56. The molecule has 2 saturated heterocycles. The van der Waals surface area contributed by atoms with Gasteiger partial charge in [0.2, 0.25) is 0 Å². The molecule has 0 unspecified atom stereocenters. The minimum absolute atomic E-state index is 0. The first kappa shape index (κ1) is 23.3. The molecule has 152 valence electrons. The summed E-state index contributed by atoms with van der Waals surface area (Å²) < 4.78 is 5.46. The number of rotatable bonds is 2. The Balaban J connectivity index is 0.00000338. The molecule has 2 heterocycles. The van der Waals surface area contributed by atoms with Crippen molar-refractivity contribution in [2.24, 2.45) is 16.3 Å². The van der Waals surface area contributed by atoms with E-state index in [0.29, 0.717) is 11.3 Å². The zero-order valence-electron chi connectivity index (χ0n) is 17.3. The van der Waals surface area contributed by atoms with Crippen LogP contribution in [0.2, 0.25) is 0 Å². The fourth-order valence-electron chi connectivity index (χ4n) is 3.51. The van der Waals surface area contributed by atoms with Crippen molar-refractivity contribution in [2.75, 3.05) is 39.8 Å². The van der Waals surface area contributed by atoms with Crippen molar-refractivity contribution in [3.05, 3.63) is 0 Å². The van der Waals surface area contributed by atoms with E-state index in [-0.39, 0.29) is 30.1 Å². The van der Waals surface area contributed by atoms with Crippen LogP contribution < -0.4 is 5.32 Å². The van der Waals surface area contributed by atoms with Crippen molar-refractivity contribution >= 4 is 36.0 Å². The standard InChI is InChI=1S/C19H36N4O2.HI/c1-18(2,3)25-17(24)22-10-7-15(8-11-22)13-21-16(20-6)23-12-9-19(4,5)14-23;/h15H,7-14H2,1-6H3,(H,20,21);1H. The summed E-state index contributed by atoms with van der Waals surface area (Å²) in [6.07, 6.45) is 3.04.